The number of rotatable bonds is 6. The molecule has 0 aliphatic heterocycles. The second kappa shape index (κ2) is 6.51. The zero-order chi connectivity index (χ0) is 12.8. The van der Waals surface area contributed by atoms with Crippen LogP contribution >= 0.6 is 11.8 Å². The molecule has 0 amide bonds. The van der Waals surface area contributed by atoms with Gasteiger partial charge in [-0.3, -0.25) is 0 Å². The van der Waals surface area contributed by atoms with Crippen molar-refractivity contribution in [2.75, 3.05) is 38.8 Å². The second-order valence-electron chi connectivity index (χ2n) is 3.92. The SMILES string of the molecule is CSc1cccc(NCCN(C)C)c1C(=O)O. The molecule has 0 unspecified atom stereocenters. The molecule has 0 bridgehead atoms. The van der Waals surface area contributed by atoms with Crippen molar-refractivity contribution in [3.05, 3.63) is 23.8 Å². The molecule has 0 aliphatic carbocycles. The Kier molecular flexibility index (Phi) is 5.31. The molecule has 1 rings (SSSR count). The van der Waals surface area contributed by atoms with E-state index in [1.54, 1.807) is 6.07 Å². The maximum absolute atomic E-state index is 11.2. The number of carboxylic acid groups (broad SMARTS) is 1. The number of carbonyl (C=O) groups is 1. The van der Waals surface area contributed by atoms with Crippen LogP contribution in [0.3, 0.4) is 0 Å². The Morgan fingerprint density at radius 2 is 2.18 bits per heavy atom. The normalized spacial score (nSPS) is 10.6. The Labute approximate surface area is 106 Å². The highest BCUT2D eigenvalue weighted by molar-refractivity contribution is 7.98. The summed E-state index contributed by atoms with van der Waals surface area (Å²) in [6.45, 7) is 1.59. The first-order valence-corrected chi connectivity index (χ1v) is 6.57. The number of benzene rings is 1. The lowest BCUT2D eigenvalue weighted by molar-refractivity contribution is 0.0694. The first-order chi connectivity index (χ1) is 8.06. The maximum atomic E-state index is 11.2. The van der Waals surface area contributed by atoms with E-state index >= 15 is 0 Å². The number of aromatic carboxylic acids is 1. The summed E-state index contributed by atoms with van der Waals surface area (Å²) in [5, 5.41) is 12.4. The van der Waals surface area contributed by atoms with Crippen LogP contribution in [0.25, 0.3) is 0 Å². The van der Waals surface area contributed by atoms with Crippen molar-refractivity contribution < 1.29 is 9.90 Å². The van der Waals surface area contributed by atoms with Gasteiger partial charge in [0.2, 0.25) is 0 Å². The number of nitrogens with zero attached hydrogens (tertiary/aromatic N) is 1. The molecule has 4 nitrogen and oxygen atoms in total. The van der Waals surface area contributed by atoms with Crippen molar-refractivity contribution >= 4 is 23.4 Å². The molecule has 0 saturated heterocycles. The van der Waals surface area contributed by atoms with Gasteiger partial charge in [0.1, 0.15) is 0 Å². The Morgan fingerprint density at radius 3 is 2.71 bits per heavy atom. The van der Waals surface area contributed by atoms with Crippen LogP contribution in [0.2, 0.25) is 0 Å². The first kappa shape index (κ1) is 13.9. The summed E-state index contributed by atoms with van der Waals surface area (Å²) in [7, 11) is 3.97. The van der Waals surface area contributed by atoms with Crippen LogP contribution in [0.5, 0.6) is 0 Å². The fraction of sp³-hybridized carbons (Fsp3) is 0.417. The van der Waals surface area contributed by atoms with E-state index in [1.165, 1.54) is 11.8 Å². The van der Waals surface area contributed by atoms with E-state index in [9.17, 15) is 9.90 Å². The van der Waals surface area contributed by atoms with Crippen molar-refractivity contribution in [2.24, 2.45) is 0 Å². The molecule has 94 valence electrons. The fourth-order valence-corrected chi connectivity index (χ4v) is 2.10. The minimum absolute atomic E-state index is 0.360. The molecule has 0 aromatic heterocycles. The van der Waals surface area contributed by atoms with E-state index in [1.807, 2.05) is 37.4 Å². The monoisotopic (exact) mass is 254 g/mol. The molecule has 0 heterocycles. The number of likely N-dealkylation sites (N-methyl/N-ethyl adjacent to an activating group) is 1. The van der Waals surface area contributed by atoms with Crippen LogP contribution in [-0.2, 0) is 0 Å². The highest BCUT2D eigenvalue weighted by Gasteiger charge is 2.14. The Balaban J connectivity index is 2.87. The minimum Gasteiger partial charge on any atom is -0.478 e. The van der Waals surface area contributed by atoms with Gasteiger partial charge in [-0.2, -0.15) is 0 Å². The number of anilines is 1. The van der Waals surface area contributed by atoms with Gasteiger partial charge < -0.3 is 15.3 Å². The molecule has 1 aromatic carbocycles. The molecule has 0 atom stereocenters. The molecule has 0 spiro atoms. The number of thioether (sulfide) groups is 1. The largest absolute Gasteiger partial charge is 0.478 e. The van der Waals surface area contributed by atoms with Crippen molar-refractivity contribution in [1.82, 2.24) is 4.90 Å². The summed E-state index contributed by atoms with van der Waals surface area (Å²) in [6.07, 6.45) is 1.88. The number of hydrogen-bond donors (Lipinski definition) is 2. The van der Waals surface area contributed by atoms with Crippen LogP contribution in [0.4, 0.5) is 5.69 Å². The van der Waals surface area contributed by atoms with Crippen LogP contribution in [0.1, 0.15) is 10.4 Å². The molecule has 0 aliphatic rings. The number of hydrogen-bond acceptors (Lipinski definition) is 4. The van der Waals surface area contributed by atoms with Gasteiger partial charge in [0.25, 0.3) is 0 Å². The van der Waals surface area contributed by atoms with E-state index in [-0.39, 0.29) is 0 Å². The minimum atomic E-state index is -0.887. The van der Waals surface area contributed by atoms with Gasteiger partial charge in [0.05, 0.1) is 5.56 Å². The smallest absolute Gasteiger partial charge is 0.338 e. The Bertz CT molecular complexity index is 394. The molecule has 1 aromatic rings. The van der Waals surface area contributed by atoms with E-state index in [0.29, 0.717) is 11.3 Å². The number of nitrogens with one attached hydrogen (secondary N) is 1. The summed E-state index contributed by atoms with van der Waals surface area (Å²) in [5.41, 5.74) is 1.05. The van der Waals surface area contributed by atoms with E-state index in [4.69, 9.17) is 0 Å². The van der Waals surface area contributed by atoms with Crippen LogP contribution in [-0.4, -0.2) is 49.4 Å². The first-order valence-electron chi connectivity index (χ1n) is 5.35. The molecule has 5 heteroatoms. The standard InChI is InChI=1S/C12H18N2O2S/c1-14(2)8-7-13-9-5-4-6-10(17-3)11(9)12(15)16/h4-6,13H,7-8H2,1-3H3,(H,15,16). The fourth-order valence-electron chi connectivity index (χ4n) is 1.48. The Hall–Kier alpha value is -1.20. The molecular formula is C12H18N2O2S. The van der Waals surface area contributed by atoms with Gasteiger partial charge >= 0.3 is 5.97 Å². The van der Waals surface area contributed by atoms with E-state index in [0.717, 1.165) is 18.0 Å². The van der Waals surface area contributed by atoms with Gasteiger partial charge in [-0.15, -0.1) is 11.8 Å². The third-order valence-electron chi connectivity index (χ3n) is 2.33. The molecule has 0 saturated carbocycles. The lowest BCUT2D eigenvalue weighted by Gasteiger charge is -2.14. The maximum Gasteiger partial charge on any atom is 0.338 e. The highest BCUT2D eigenvalue weighted by atomic mass is 32.2. The van der Waals surface area contributed by atoms with Gasteiger partial charge in [-0.05, 0) is 32.5 Å². The van der Waals surface area contributed by atoms with Crippen molar-refractivity contribution in [3.63, 3.8) is 0 Å². The summed E-state index contributed by atoms with van der Waals surface area (Å²) in [6, 6.07) is 5.50. The van der Waals surface area contributed by atoms with E-state index < -0.39 is 5.97 Å². The summed E-state index contributed by atoms with van der Waals surface area (Å²) in [5.74, 6) is -0.887. The Morgan fingerprint density at radius 1 is 1.47 bits per heavy atom. The van der Waals surface area contributed by atoms with Gasteiger partial charge in [-0.25, -0.2) is 4.79 Å². The third-order valence-corrected chi connectivity index (χ3v) is 3.11. The summed E-state index contributed by atoms with van der Waals surface area (Å²) in [4.78, 5) is 14.1. The van der Waals surface area contributed by atoms with Gasteiger partial charge in [0, 0.05) is 23.7 Å². The molecule has 17 heavy (non-hydrogen) atoms. The third kappa shape index (κ3) is 3.94. The topological polar surface area (TPSA) is 52.6 Å². The average molecular weight is 254 g/mol. The van der Waals surface area contributed by atoms with E-state index in [2.05, 4.69) is 5.32 Å². The predicted molar refractivity (Wildman–Crippen MR) is 72.2 cm³/mol. The lowest BCUT2D eigenvalue weighted by Crippen LogP contribution is -2.21. The molecule has 2 N–H and O–H groups in total. The highest BCUT2D eigenvalue weighted by Crippen LogP contribution is 2.26. The zero-order valence-corrected chi connectivity index (χ0v) is 11.2. The zero-order valence-electron chi connectivity index (χ0n) is 10.4. The van der Waals surface area contributed by atoms with Crippen molar-refractivity contribution in [3.8, 4) is 0 Å². The average Bonchev–Trinajstić information content (AvgIpc) is 2.27. The van der Waals surface area contributed by atoms with Crippen LogP contribution in [0.15, 0.2) is 23.1 Å². The predicted octanol–water partition coefficient (Wildman–Crippen LogP) is 2.08. The quantitative estimate of drug-likeness (QED) is 0.761. The summed E-state index contributed by atoms with van der Waals surface area (Å²) >= 11 is 1.45. The van der Waals surface area contributed by atoms with Crippen molar-refractivity contribution in [1.29, 1.82) is 0 Å². The molecule has 0 radical (unpaired) electrons. The van der Waals surface area contributed by atoms with Crippen molar-refractivity contribution in [2.45, 2.75) is 4.90 Å². The summed E-state index contributed by atoms with van der Waals surface area (Å²) < 4.78 is 0. The van der Waals surface area contributed by atoms with Gasteiger partial charge in [-0.1, -0.05) is 6.07 Å². The lowest BCUT2D eigenvalue weighted by atomic mass is 10.2. The molecular weight excluding hydrogens is 236 g/mol. The molecule has 0 fully saturated rings. The second-order valence-corrected chi connectivity index (χ2v) is 4.77. The van der Waals surface area contributed by atoms with Crippen LogP contribution < -0.4 is 5.32 Å². The van der Waals surface area contributed by atoms with Crippen LogP contribution in [0, 0.1) is 0 Å². The van der Waals surface area contributed by atoms with Gasteiger partial charge in [0.15, 0.2) is 0 Å². The number of carboxylic acids is 1.